The first kappa shape index (κ1) is 15.4. The minimum absolute atomic E-state index is 0.0867. The number of aryl methyl sites for hydroxylation is 2. The van der Waals surface area contributed by atoms with Crippen LogP contribution in [0.4, 0.5) is 5.69 Å². The van der Waals surface area contributed by atoms with Crippen LogP contribution in [-0.2, 0) is 0 Å². The third-order valence-corrected chi connectivity index (χ3v) is 4.51. The molecule has 0 aliphatic heterocycles. The number of rotatable bonds is 4. The van der Waals surface area contributed by atoms with Crippen molar-refractivity contribution in [1.29, 1.82) is 0 Å². The molecule has 2 aromatic carbocycles. The lowest BCUT2D eigenvalue weighted by Gasteiger charge is -2.21. The normalized spacial score (nSPS) is 12.2. The first-order valence-corrected chi connectivity index (χ1v) is 7.67. The molecule has 106 valence electrons. The highest BCUT2D eigenvalue weighted by Gasteiger charge is 2.12. The van der Waals surface area contributed by atoms with E-state index in [0.717, 1.165) is 10.2 Å². The van der Waals surface area contributed by atoms with Crippen LogP contribution in [0.15, 0.2) is 40.9 Å². The second kappa shape index (κ2) is 6.61. The van der Waals surface area contributed by atoms with Gasteiger partial charge in [-0.25, -0.2) is 0 Å². The molecule has 4 heteroatoms. The van der Waals surface area contributed by atoms with Gasteiger partial charge < -0.3 is 11.1 Å². The molecule has 0 radical (unpaired) electrons. The molecule has 0 saturated heterocycles. The third kappa shape index (κ3) is 3.54. The summed E-state index contributed by atoms with van der Waals surface area (Å²) in [6.45, 7) is 4.74. The van der Waals surface area contributed by atoms with Crippen LogP contribution in [0.1, 0.15) is 22.7 Å². The first-order chi connectivity index (χ1) is 9.51. The number of hydrogen-bond donors (Lipinski definition) is 2. The van der Waals surface area contributed by atoms with E-state index in [4.69, 9.17) is 17.3 Å². The lowest BCUT2D eigenvalue weighted by atomic mass is 9.99. The van der Waals surface area contributed by atoms with Gasteiger partial charge in [-0.2, -0.15) is 0 Å². The topological polar surface area (TPSA) is 38.0 Å². The SMILES string of the molecule is Cc1ccc(C(CN)Nc2ccc(Cl)c(Br)c2)c(C)c1. The van der Waals surface area contributed by atoms with Crippen LogP contribution in [0.2, 0.25) is 5.02 Å². The van der Waals surface area contributed by atoms with Crippen molar-refractivity contribution in [2.45, 2.75) is 19.9 Å². The minimum atomic E-state index is 0.0867. The number of halogens is 2. The zero-order chi connectivity index (χ0) is 14.7. The first-order valence-electron chi connectivity index (χ1n) is 6.50. The summed E-state index contributed by atoms with van der Waals surface area (Å²) in [5.41, 5.74) is 10.7. The highest BCUT2D eigenvalue weighted by Crippen LogP contribution is 2.28. The van der Waals surface area contributed by atoms with E-state index in [1.54, 1.807) is 0 Å². The van der Waals surface area contributed by atoms with Gasteiger partial charge in [-0.05, 0) is 59.1 Å². The Morgan fingerprint density at radius 3 is 2.55 bits per heavy atom. The Balaban J connectivity index is 2.26. The maximum atomic E-state index is 6.01. The van der Waals surface area contributed by atoms with Crippen LogP contribution in [-0.4, -0.2) is 6.54 Å². The van der Waals surface area contributed by atoms with Crippen LogP contribution in [0.25, 0.3) is 0 Å². The van der Waals surface area contributed by atoms with Gasteiger partial charge >= 0.3 is 0 Å². The molecule has 2 nitrogen and oxygen atoms in total. The summed E-state index contributed by atoms with van der Waals surface area (Å²) in [5.74, 6) is 0. The lowest BCUT2D eigenvalue weighted by molar-refractivity contribution is 0.783. The zero-order valence-electron chi connectivity index (χ0n) is 11.6. The fraction of sp³-hybridized carbons (Fsp3) is 0.250. The quantitative estimate of drug-likeness (QED) is 0.826. The number of nitrogens with two attached hydrogens (primary N) is 1. The van der Waals surface area contributed by atoms with Gasteiger partial charge in [0.2, 0.25) is 0 Å². The summed E-state index contributed by atoms with van der Waals surface area (Å²) in [7, 11) is 0. The van der Waals surface area contributed by atoms with E-state index in [0.29, 0.717) is 11.6 Å². The molecule has 0 saturated carbocycles. The Kier molecular flexibility index (Phi) is 5.08. The molecule has 0 aromatic heterocycles. The Hall–Kier alpha value is -1.03. The van der Waals surface area contributed by atoms with Crippen LogP contribution in [0.5, 0.6) is 0 Å². The standard InChI is InChI=1S/C16H18BrClN2/c1-10-3-5-13(11(2)7-10)16(9-19)20-12-4-6-15(18)14(17)8-12/h3-8,16,20H,9,19H2,1-2H3. The molecule has 0 fully saturated rings. The molecule has 20 heavy (non-hydrogen) atoms. The van der Waals surface area contributed by atoms with Gasteiger partial charge in [0.15, 0.2) is 0 Å². The van der Waals surface area contributed by atoms with Crippen molar-refractivity contribution in [3.8, 4) is 0 Å². The molecule has 0 bridgehead atoms. The summed E-state index contributed by atoms with van der Waals surface area (Å²) in [6, 6.07) is 12.3. The molecule has 0 amide bonds. The maximum Gasteiger partial charge on any atom is 0.0638 e. The van der Waals surface area contributed by atoms with Crippen LogP contribution in [0.3, 0.4) is 0 Å². The second-order valence-corrected chi connectivity index (χ2v) is 6.18. The van der Waals surface area contributed by atoms with E-state index in [1.807, 2.05) is 18.2 Å². The van der Waals surface area contributed by atoms with Gasteiger partial charge in [0.05, 0.1) is 11.1 Å². The smallest absolute Gasteiger partial charge is 0.0638 e. The molecule has 0 heterocycles. The number of hydrogen-bond acceptors (Lipinski definition) is 2. The number of anilines is 1. The van der Waals surface area contributed by atoms with Crippen molar-refractivity contribution >= 4 is 33.2 Å². The highest BCUT2D eigenvalue weighted by molar-refractivity contribution is 9.10. The molecule has 1 unspecified atom stereocenters. The maximum absolute atomic E-state index is 6.01. The van der Waals surface area contributed by atoms with Gasteiger partial charge in [-0.3, -0.25) is 0 Å². The van der Waals surface area contributed by atoms with Crippen molar-refractivity contribution in [3.05, 3.63) is 62.6 Å². The molecular weight excluding hydrogens is 336 g/mol. The molecule has 2 aromatic rings. The summed E-state index contributed by atoms with van der Waals surface area (Å²) in [4.78, 5) is 0. The Bertz CT molecular complexity index is 613. The fourth-order valence-electron chi connectivity index (χ4n) is 2.27. The largest absolute Gasteiger partial charge is 0.377 e. The summed E-state index contributed by atoms with van der Waals surface area (Å²) >= 11 is 9.45. The van der Waals surface area contributed by atoms with E-state index >= 15 is 0 Å². The summed E-state index contributed by atoms with van der Waals surface area (Å²) in [5, 5.41) is 4.16. The summed E-state index contributed by atoms with van der Waals surface area (Å²) in [6.07, 6.45) is 0. The van der Waals surface area contributed by atoms with E-state index in [1.165, 1.54) is 16.7 Å². The predicted octanol–water partition coefficient (Wildman–Crippen LogP) is 4.83. The number of nitrogens with one attached hydrogen (secondary N) is 1. The van der Waals surface area contributed by atoms with Crippen molar-refractivity contribution < 1.29 is 0 Å². The third-order valence-electron chi connectivity index (χ3n) is 3.30. The van der Waals surface area contributed by atoms with E-state index < -0.39 is 0 Å². The van der Waals surface area contributed by atoms with Crippen LogP contribution >= 0.6 is 27.5 Å². The Morgan fingerprint density at radius 2 is 1.95 bits per heavy atom. The van der Waals surface area contributed by atoms with Gasteiger partial charge in [0.25, 0.3) is 0 Å². The molecule has 0 spiro atoms. The van der Waals surface area contributed by atoms with Gasteiger partial charge in [0.1, 0.15) is 0 Å². The predicted molar refractivity (Wildman–Crippen MR) is 90.5 cm³/mol. The molecule has 0 aliphatic carbocycles. The average molecular weight is 354 g/mol. The zero-order valence-corrected chi connectivity index (χ0v) is 13.9. The summed E-state index contributed by atoms with van der Waals surface area (Å²) < 4.78 is 0.876. The average Bonchev–Trinajstić information content (AvgIpc) is 2.41. The Morgan fingerprint density at radius 1 is 1.20 bits per heavy atom. The second-order valence-electron chi connectivity index (χ2n) is 4.92. The molecule has 0 aliphatic rings. The lowest BCUT2D eigenvalue weighted by Crippen LogP contribution is -2.21. The minimum Gasteiger partial charge on any atom is -0.377 e. The fourth-order valence-corrected chi connectivity index (χ4v) is 2.76. The van der Waals surface area contributed by atoms with Gasteiger partial charge in [-0.1, -0.05) is 35.4 Å². The number of benzene rings is 2. The molecule has 2 rings (SSSR count). The van der Waals surface area contributed by atoms with Crippen molar-refractivity contribution in [2.24, 2.45) is 5.73 Å². The van der Waals surface area contributed by atoms with E-state index in [-0.39, 0.29) is 6.04 Å². The van der Waals surface area contributed by atoms with E-state index in [9.17, 15) is 0 Å². The molecular formula is C16H18BrClN2. The van der Waals surface area contributed by atoms with Crippen molar-refractivity contribution in [2.75, 3.05) is 11.9 Å². The van der Waals surface area contributed by atoms with Gasteiger partial charge in [-0.15, -0.1) is 0 Å². The molecule has 3 N–H and O–H groups in total. The molecule has 1 atom stereocenters. The Labute approximate surface area is 133 Å². The van der Waals surface area contributed by atoms with Crippen LogP contribution in [0, 0.1) is 13.8 Å². The van der Waals surface area contributed by atoms with Crippen LogP contribution < -0.4 is 11.1 Å². The van der Waals surface area contributed by atoms with Crippen molar-refractivity contribution in [3.63, 3.8) is 0 Å². The van der Waals surface area contributed by atoms with Gasteiger partial charge in [0, 0.05) is 16.7 Å². The highest BCUT2D eigenvalue weighted by atomic mass is 79.9. The van der Waals surface area contributed by atoms with E-state index in [2.05, 4.69) is 53.3 Å². The van der Waals surface area contributed by atoms with Crippen molar-refractivity contribution in [1.82, 2.24) is 0 Å². The monoisotopic (exact) mass is 352 g/mol.